The molecule has 0 aromatic carbocycles. The number of rotatable bonds is 6. The van der Waals surface area contributed by atoms with E-state index < -0.39 is 18.3 Å². The third-order valence-corrected chi connectivity index (χ3v) is 1.65. The zero-order valence-electron chi connectivity index (χ0n) is 7.22. The first-order valence-electron chi connectivity index (χ1n) is 4.10. The van der Waals surface area contributed by atoms with Crippen LogP contribution in [0.15, 0.2) is 0 Å². The van der Waals surface area contributed by atoms with E-state index in [-0.39, 0.29) is 12.8 Å². The van der Waals surface area contributed by atoms with E-state index in [1.807, 2.05) is 0 Å². The standard InChI is InChI=1S/C8H15F2NO/c1-6(9)7(10)4-2-3-5-8(11)12/h6-7H,2-5H2,1H3,(H2,11,12). The highest BCUT2D eigenvalue weighted by Crippen LogP contribution is 2.12. The van der Waals surface area contributed by atoms with Gasteiger partial charge in [-0.2, -0.15) is 0 Å². The summed E-state index contributed by atoms with van der Waals surface area (Å²) in [7, 11) is 0. The Morgan fingerprint density at radius 1 is 1.42 bits per heavy atom. The van der Waals surface area contributed by atoms with Crippen LogP contribution >= 0.6 is 0 Å². The molecule has 1 amide bonds. The molecule has 0 aromatic rings. The van der Waals surface area contributed by atoms with Gasteiger partial charge in [0.15, 0.2) is 0 Å². The lowest BCUT2D eigenvalue weighted by Gasteiger charge is -2.07. The molecule has 0 radical (unpaired) electrons. The average Bonchev–Trinajstić information content (AvgIpc) is 1.97. The SMILES string of the molecule is CC(F)C(F)CCCCC(N)=O. The first-order chi connectivity index (χ1) is 5.54. The van der Waals surface area contributed by atoms with Gasteiger partial charge in [0.1, 0.15) is 12.3 Å². The summed E-state index contributed by atoms with van der Waals surface area (Å²) in [6, 6.07) is 0. The zero-order chi connectivity index (χ0) is 9.56. The van der Waals surface area contributed by atoms with Gasteiger partial charge in [0, 0.05) is 6.42 Å². The van der Waals surface area contributed by atoms with E-state index in [2.05, 4.69) is 0 Å². The fourth-order valence-electron chi connectivity index (χ4n) is 0.868. The second-order valence-corrected chi connectivity index (χ2v) is 2.91. The Morgan fingerprint density at radius 3 is 2.42 bits per heavy atom. The van der Waals surface area contributed by atoms with E-state index in [1.165, 1.54) is 6.92 Å². The Kier molecular flexibility index (Phi) is 5.58. The van der Waals surface area contributed by atoms with Crippen LogP contribution in [0.3, 0.4) is 0 Å². The quantitative estimate of drug-likeness (QED) is 0.620. The minimum atomic E-state index is -1.42. The lowest BCUT2D eigenvalue weighted by molar-refractivity contribution is -0.118. The highest BCUT2D eigenvalue weighted by atomic mass is 19.2. The molecule has 72 valence electrons. The van der Waals surface area contributed by atoms with Gasteiger partial charge in [-0.05, 0) is 26.2 Å². The van der Waals surface area contributed by atoms with Crippen LogP contribution in [0.1, 0.15) is 32.6 Å². The molecule has 0 aliphatic carbocycles. The van der Waals surface area contributed by atoms with E-state index in [0.717, 1.165) is 0 Å². The van der Waals surface area contributed by atoms with Gasteiger partial charge < -0.3 is 5.73 Å². The molecule has 0 saturated heterocycles. The molecular formula is C8H15F2NO. The van der Waals surface area contributed by atoms with Gasteiger partial charge in [0.05, 0.1) is 0 Å². The molecule has 0 aliphatic heterocycles. The Hall–Kier alpha value is -0.670. The van der Waals surface area contributed by atoms with E-state index in [0.29, 0.717) is 12.8 Å². The van der Waals surface area contributed by atoms with Crippen LogP contribution in [-0.2, 0) is 4.79 Å². The predicted octanol–water partition coefficient (Wildman–Crippen LogP) is 1.73. The summed E-state index contributed by atoms with van der Waals surface area (Å²) in [6.45, 7) is 1.19. The molecule has 0 spiro atoms. The summed E-state index contributed by atoms with van der Waals surface area (Å²) in [5, 5.41) is 0. The first kappa shape index (κ1) is 11.3. The number of alkyl halides is 2. The van der Waals surface area contributed by atoms with E-state index in [1.54, 1.807) is 0 Å². The highest BCUT2D eigenvalue weighted by Gasteiger charge is 2.13. The molecule has 0 bridgehead atoms. The lowest BCUT2D eigenvalue weighted by atomic mass is 10.1. The van der Waals surface area contributed by atoms with Gasteiger partial charge in [-0.25, -0.2) is 8.78 Å². The molecule has 2 N–H and O–H groups in total. The second-order valence-electron chi connectivity index (χ2n) is 2.91. The van der Waals surface area contributed by atoms with Crippen molar-refractivity contribution in [1.29, 1.82) is 0 Å². The molecule has 0 heterocycles. The summed E-state index contributed by atoms with van der Waals surface area (Å²) >= 11 is 0. The molecule has 4 heteroatoms. The molecule has 2 atom stereocenters. The van der Waals surface area contributed by atoms with Gasteiger partial charge in [0.25, 0.3) is 0 Å². The zero-order valence-corrected chi connectivity index (χ0v) is 7.22. The fraction of sp³-hybridized carbons (Fsp3) is 0.875. The van der Waals surface area contributed by atoms with Crippen molar-refractivity contribution in [3.8, 4) is 0 Å². The number of hydrogen-bond acceptors (Lipinski definition) is 1. The minimum Gasteiger partial charge on any atom is -0.370 e. The normalized spacial score (nSPS) is 15.6. The van der Waals surface area contributed by atoms with Gasteiger partial charge in [-0.3, -0.25) is 4.79 Å². The Labute approximate surface area is 71.1 Å². The summed E-state index contributed by atoms with van der Waals surface area (Å²) < 4.78 is 24.8. The summed E-state index contributed by atoms with van der Waals surface area (Å²) in [5.74, 6) is -0.390. The molecule has 12 heavy (non-hydrogen) atoms. The smallest absolute Gasteiger partial charge is 0.217 e. The predicted molar refractivity (Wildman–Crippen MR) is 43.1 cm³/mol. The van der Waals surface area contributed by atoms with Gasteiger partial charge in [-0.1, -0.05) is 0 Å². The van der Waals surface area contributed by atoms with Crippen LogP contribution in [0.25, 0.3) is 0 Å². The van der Waals surface area contributed by atoms with Crippen molar-refractivity contribution in [3.05, 3.63) is 0 Å². The first-order valence-corrected chi connectivity index (χ1v) is 4.10. The number of carbonyl (C=O) groups is 1. The second kappa shape index (κ2) is 5.91. The van der Waals surface area contributed by atoms with Gasteiger partial charge in [0.2, 0.25) is 5.91 Å². The van der Waals surface area contributed by atoms with Crippen molar-refractivity contribution >= 4 is 5.91 Å². The van der Waals surface area contributed by atoms with Crippen LogP contribution < -0.4 is 5.73 Å². The largest absolute Gasteiger partial charge is 0.370 e. The molecule has 0 aromatic heterocycles. The molecule has 0 rings (SSSR count). The average molecular weight is 179 g/mol. The summed E-state index contributed by atoms with van der Waals surface area (Å²) in [4.78, 5) is 10.2. The Morgan fingerprint density at radius 2 is 2.00 bits per heavy atom. The number of nitrogens with two attached hydrogens (primary N) is 1. The maximum Gasteiger partial charge on any atom is 0.217 e. The van der Waals surface area contributed by atoms with E-state index in [4.69, 9.17) is 5.73 Å². The Balaban J connectivity index is 3.25. The summed E-state index contributed by atoms with van der Waals surface area (Å²) in [6.07, 6.45) is -1.34. The van der Waals surface area contributed by atoms with Crippen molar-refractivity contribution in [3.63, 3.8) is 0 Å². The Bertz CT molecular complexity index is 139. The molecule has 2 unspecified atom stereocenters. The van der Waals surface area contributed by atoms with Crippen LogP contribution in [0, 0.1) is 0 Å². The minimum absolute atomic E-state index is 0.172. The molecule has 0 fully saturated rings. The number of amides is 1. The van der Waals surface area contributed by atoms with Crippen molar-refractivity contribution in [2.24, 2.45) is 5.73 Å². The number of primary amides is 1. The van der Waals surface area contributed by atoms with E-state index in [9.17, 15) is 13.6 Å². The molecule has 2 nitrogen and oxygen atoms in total. The molecular weight excluding hydrogens is 164 g/mol. The van der Waals surface area contributed by atoms with Gasteiger partial charge in [-0.15, -0.1) is 0 Å². The third kappa shape index (κ3) is 6.07. The molecule has 0 saturated carbocycles. The number of halogens is 2. The van der Waals surface area contributed by atoms with Crippen LogP contribution in [0.5, 0.6) is 0 Å². The summed E-state index contributed by atoms with van der Waals surface area (Å²) in [5.41, 5.74) is 4.86. The maximum atomic E-state index is 12.6. The highest BCUT2D eigenvalue weighted by molar-refractivity contribution is 5.73. The number of unbranched alkanes of at least 4 members (excludes halogenated alkanes) is 1. The molecule has 0 aliphatic rings. The maximum absolute atomic E-state index is 12.6. The van der Waals surface area contributed by atoms with Crippen LogP contribution in [0.4, 0.5) is 8.78 Å². The van der Waals surface area contributed by atoms with Crippen molar-refractivity contribution < 1.29 is 13.6 Å². The topological polar surface area (TPSA) is 43.1 Å². The lowest BCUT2D eigenvalue weighted by Crippen LogP contribution is -2.14. The monoisotopic (exact) mass is 179 g/mol. The van der Waals surface area contributed by atoms with Crippen molar-refractivity contribution in [2.75, 3.05) is 0 Å². The van der Waals surface area contributed by atoms with Crippen LogP contribution in [0.2, 0.25) is 0 Å². The number of hydrogen-bond donors (Lipinski definition) is 1. The van der Waals surface area contributed by atoms with Gasteiger partial charge >= 0.3 is 0 Å². The third-order valence-electron chi connectivity index (χ3n) is 1.65. The van der Waals surface area contributed by atoms with E-state index >= 15 is 0 Å². The van der Waals surface area contributed by atoms with Crippen LogP contribution in [-0.4, -0.2) is 18.3 Å². The number of carbonyl (C=O) groups excluding carboxylic acids is 1. The van der Waals surface area contributed by atoms with Crippen molar-refractivity contribution in [2.45, 2.75) is 45.0 Å². The fourth-order valence-corrected chi connectivity index (χ4v) is 0.868. The van der Waals surface area contributed by atoms with Crippen molar-refractivity contribution in [1.82, 2.24) is 0 Å².